The van der Waals surface area contributed by atoms with E-state index in [0.29, 0.717) is 24.2 Å². The molecule has 4 unspecified atom stereocenters. The van der Waals surface area contributed by atoms with E-state index in [1.165, 1.54) is 38.5 Å². The maximum absolute atomic E-state index is 14.3. The van der Waals surface area contributed by atoms with Crippen molar-refractivity contribution in [3.63, 3.8) is 0 Å². The number of rotatable bonds is 5. The number of ether oxygens (including phenoxy) is 1. The van der Waals surface area contributed by atoms with Gasteiger partial charge in [-0.3, -0.25) is 0 Å². The summed E-state index contributed by atoms with van der Waals surface area (Å²) in [6.45, 7) is 6.32. The zero-order valence-corrected chi connectivity index (χ0v) is 14.7. The van der Waals surface area contributed by atoms with Crippen LogP contribution in [0.3, 0.4) is 0 Å². The van der Waals surface area contributed by atoms with E-state index in [4.69, 9.17) is 4.74 Å². The van der Waals surface area contributed by atoms with Gasteiger partial charge in [0.25, 0.3) is 0 Å². The number of hydrogen-bond acceptors (Lipinski definition) is 1. The van der Waals surface area contributed by atoms with Gasteiger partial charge < -0.3 is 4.74 Å². The fourth-order valence-corrected chi connectivity index (χ4v) is 4.56. The first-order chi connectivity index (χ1) is 11.7. The highest BCUT2D eigenvalue weighted by Crippen LogP contribution is 2.48. The summed E-state index contributed by atoms with van der Waals surface area (Å²) in [5, 5.41) is 0. The Morgan fingerprint density at radius 2 is 1.96 bits per heavy atom. The SMILES string of the molecule is C=CC1CCC2CC(c3ccc(OCC=CC)c(F)c3)CCC2C1. The summed E-state index contributed by atoms with van der Waals surface area (Å²) >= 11 is 0. The number of halogens is 1. The van der Waals surface area contributed by atoms with Crippen LogP contribution in [0.4, 0.5) is 4.39 Å². The van der Waals surface area contributed by atoms with Crippen molar-refractivity contribution < 1.29 is 9.13 Å². The van der Waals surface area contributed by atoms with Gasteiger partial charge in [0.2, 0.25) is 0 Å². The Kier molecular flexibility index (Phi) is 5.76. The van der Waals surface area contributed by atoms with Gasteiger partial charge in [0.15, 0.2) is 11.6 Å². The Hall–Kier alpha value is -1.57. The molecule has 3 rings (SSSR count). The number of benzene rings is 1. The molecule has 0 spiro atoms. The summed E-state index contributed by atoms with van der Waals surface area (Å²) in [7, 11) is 0. The zero-order chi connectivity index (χ0) is 16.9. The van der Waals surface area contributed by atoms with E-state index in [0.717, 1.165) is 17.4 Å². The van der Waals surface area contributed by atoms with Gasteiger partial charge in [-0.1, -0.05) is 24.3 Å². The average Bonchev–Trinajstić information content (AvgIpc) is 2.62. The second-order valence-corrected chi connectivity index (χ2v) is 7.41. The number of fused-ring (bicyclic) bond motifs is 1. The lowest BCUT2D eigenvalue weighted by molar-refractivity contribution is 0.133. The Labute approximate surface area is 145 Å². The Morgan fingerprint density at radius 3 is 2.71 bits per heavy atom. The summed E-state index contributed by atoms with van der Waals surface area (Å²) < 4.78 is 19.8. The maximum Gasteiger partial charge on any atom is 0.165 e. The molecule has 0 radical (unpaired) electrons. The van der Waals surface area contributed by atoms with Crippen molar-refractivity contribution in [3.05, 3.63) is 54.4 Å². The molecule has 0 bridgehead atoms. The van der Waals surface area contributed by atoms with Crippen molar-refractivity contribution in [1.29, 1.82) is 0 Å². The van der Waals surface area contributed by atoms with Crippen molar-refractivity contribution >= 4 is 0 Å². The van der Waals surface area contributed by atoms with Crippen LogP contribution in [-0.4, -0.2) is 6.61 Å². The lowest BCUT2D eigenvalue weighted by Crippen LogP contribution is -2.29. The third-order valence-corrected chi connectivity index (χ3v) is 5.99. The van der Waals surface area contributed by atoms with Crippen molar-refractivity contribution in [2.75, 3.05) is 6.61 Å². The zero-order valence-electron chi connectivity index (χ0n) is 14.7. The standard InChI is InChI=1S/C22H29FO/c1-3-5-12-24-22-11-10-20(15-21(22)23)19-9-8-17-13-16(4-2)6-7-18(17)14-19/h3-5,10-11,15-19H,2,6-9,12-14H2,1H3. The van der Waals surface area contributed by atoms with Crippen LogP contribution in [0.25, 0.3) is 0 Å². The van der Waals surface area contributed by atoms with Gasteiger partial charge in [-0.05, 0) is 86.8 Å². The molecule has 2 aliphatic carbocycles. The van der Waals surface area contributed by atoms with Crippen LogP contribution < -0.4 is 4.74 Å². The van der Waals surface area contributed by atoms with Gasteiger partial charge in [0.1, 0.15) is 6.61 Å². The predicted octanol–water partition coefficient (Wildman–Crippen LogP) is 6.27. The van der Waals surface area contributed by atoms with Gasteiger partial charge >= 0.3 is 0 Å². The normalized spacial score (nSPS) is 30.1. The average molecular weight is 328 g/mol. The van der Waals surface area contributed by atoms with Crippen molar-refractivity contribution in [1.82, 2.24) is 0 Å². The molecule has 0 aliphatic heterocycles. The molecule has 0 N–H and O–H groups in total. The molecular weight excluding hydrogens is 299 g/mol. The second kappa shape index (κ2) is 8.00. The smallest absolute Gasteiger partial charge is 0.165 e. The quantitative estimate of drug-likeness (QED) is 0.579. The second-order valence-electron chi connectivity index (χ2n) is 7.41. The molecular formula is C22H29FO. The van der Waals surface area contributed by atoms with Crippen LogP contribution in [0, 0.1) is 23.6 Å². The van der Waals surface area contributed by atoms with Crippen LogP contribution in [0.1, 0.15) is 56.9 Å². The Balaban J connectivity index is 1.63. The minimum Gasteiger partial charge on any atom is -0.486 e. The molecule has 1 aromatic rings. The van der Waals surface area contributed by atoms with Crippen LogP contribution in [0.15, 0.2) is 43.0 Å². The lowest BCUT2D eigenvalue weighted by atomic mass is 9.64. The summed E-state index contributed by atoms with van der Waals surface area (Å²) in [5.74, 6) is 3.02. The molecule has 2 fully saturated rings. The largest absolute Gasteiger partial charge is 0.486 e. The first kappa shape index (κ1) is 17.3. The molecule has 0 saturated heterocycles. The summed E-state index contributed by atoms with van der Waals surface area (Å²) in [4.78, 5) is 0. The minimum atomic E-state index is -0.227. The van der Waals surface area contributed by atoms with Crippen LogP contribution in [0.5, 0.6) is 5.75 Å². The predicted molar refractivity (Wildman–Crippen MR) is 97.8 cm³/mol. The molecule has 130 valence electrons. The molecule has 1 nitrogen and oxygen atoms in total. The van der Waals surface area contributed by atoms with Crippen molar-refractivity contribution in [3.8, 4) is 5.75 Å². The van der Waals surface area contributed by atoms with E-state index in [1.54, 1.807) is 12.1 Å². The summed E-state index contributed by atoms with van der Waals surface area (Å²) in [5.41, 5.74) is 1.15. The van der Waals surface area contributed by atoms with Crippen LogP contribution in [0.2, 0.25) is 0 Å². The highest BCUT2D eigenvalue weighted by atomic mass is 19.1. The minimum absolute atomic E-state index is 0.227. The van der Waals surface area contributed by atoms with E-state index in [9.17, 15) is 4.39 Å². The van der Waals surface area contributed by atoms with Crippen LogP contribution >= 0.6 is 0 Å². The van der Waals surface area contributed by atoms with E-state index in [-0.39, 0.29) is 5.82 Å². The molecule has 2 aliphatic rings. The molecule has 1 aromatic carbocycles. The molecule has 2 heteroatoms. The summed E-state index contributed by atoms with van der Waals surface area (Å²) in [6.07, 6.45) is 13.5. The molecule has 0 aromatic heterocycles. The van der Waals surface area contributed by atoms with Gasteiger partial charge in [0.05, 0.1) is 0 Å². The maximum atomic E-state index is 14.3. The van der Waals surface area contributed by atoms with E-state index in [1.807, 2.05) is 19.1 Å². The first-order valence-electron chi connectivity index (χ1n) is 9.37. The first-order valence-corrected chi connectivity index (χ1v) is 9.37. The van der Waals surface area contributed by atoms with Crippen LogP contribution in [-0.2, 0) is 0 Å². The van der Waals surface area contributed by atoms with Gasteiger partial charge in [-0.15, -0.1) is 6.58 Å². The van der Waals surface area contributed by atoms with E-state index in [2.05, 4.69) is 18.7 Å². The van der Waals surface area contributed by atoms with E-state index < -0.39 is 0 Å². The van der Waals surface area contributed by atoms with E-state index >= 15 is 0 Å². The van der Waals surface area contributed by atoms with Crippen molar-refractivity contribution in [2.24, 2.45) is 17.8 Å². The Bertz CT molecular complexity index is 592. The number of allylic oxidation sites excluding steroid dienone is 2. The summed E-state index contributed by atoms with van der Waals surface area (Å²) in [6, 6.07) is 5.56. The van der Waals surface area contributed by atoms with Gasteiger partial charge in [-0.25, -0.2) is 4.39 Å². The van der Waals surface area contributed by atoms with Gasteiger partial charge in [-0.2, -0.15) is 0 Å². The highest BCUT2D eigenvalue weighted by molar-refractivity contribution is 5.32. The topological polar surface area (TPSA) is 9.23 Å². The molecule has 2 saturated carbocycles. The molecule has 4 atom stereocenters. The third-order valence-electron chi connectivity index (χ3n) is 5.99. The number of hydrogen-bond donors (Lipinski definition) is 0. The molecule has 0 heterocycles. The fourth-order valence-electron chi connectivity index (χ4n) is 4.56. The lowest BCUT2D eigenvalue weighted by Gasteiger charge is -2.41. The highest BCUT2D eigenvalue weighted by Gasteiger charge is 2.35. The van der Waals surface area contributed by atoms with Crippen molar-refractivity contribution in [2.45, 2.75) is 51.4 Å². The fraction of sp³-hybridized carbons (Fsp3) is 0.545. The monoisotopic (exact) mass is 328 g/mol. The Morgan fingerprint density at radius 1 is 1.17 bits per heavy atom. The third kappa shape index (κ3) is 3.91. The molecule has 0 amide bonds. The molecule has 24 heavy (non-hydrogen) atoms. The van der Waals surface area contributed by atoms with Gasteiger partial charge in [0, 0.05) is 0 Å².